The Balaban J connectivity index is 2.16. The minimum atomic E-state index is -0.388. The van der Waals surface area contributed by atoms with Crippen molar-refractivity contribution in [3.63, 3.8) is 0 Å². The summed E-state index contributed by atoms with van der Waals surface area (Å²) in [7, 11) is 0. The van der Waals surface area contributed by atoms with E-state index in [0.29, 0.717) is 11.6 Å². The van der Waals surface area contributed by atoms with E-state index in [1.54, 1.807) is 0 Å². The molecule has 21 heavy (non-hydrogen) atoms. The molecule has 116 valence electrons. The number of nitrogens with one attached hydrogen (secondary N) is 1. The predicted molar refractivity (Wildman–Crippen MR) is 87.5 cm³/mol. The van der Waals surface area contributed by atoms with Crippen LogP contribution in [0.5, 0.6) is 0 Å². The smallest absolute Gasteiger partial charge is 0.230 e. The molecule has 0 aliphatic heterocycles. The van der Waals surface area contributed by atoms with Crippen molar-refractivity contribution >= 4 is 17.5 Å². The van der Waals surface area contributed by atoms with Crippen molar-refractivity contribution in [3.8, 4) is 0 Å². The number of hydrogen-bond acceptors (Lipinski definition) is 2. The zero-order valence-electron chi connectivity index (χ0n) is 12.7. The zero-order chi connectivity index (χ0) is 15.3. The van der Waals surface area contributed by atoms with Gasteiger partial charge in [0.25, 0.3) is 0 Å². The standard InChI is InChI=1S/C17H25ClN2O/c1-13(19)9-12-20-16(21)17(10-3-2-4-11-17)14-5-7-15(18)8-6-14/h5-8,13H,2-4,9-12,19H2,1H3,(H,20,21). The SMILES string of the molecule is CC(N)CCNC(=O)C1(c2ccc(Cl)cc2)CCCCC1. The largest absolute Gasteiger partial charge is 0.355 e. The van der Waals surface area contributed by atoms with Crippen LogP contribution in [0.15, 0.2) is 24.3 Å². The summed E-state index contributed by atoms with van der Waals surface area (Å²) in [4.78, 5) is 12.8. The van der Waals surface area contributed by atoms with Gasteiger partial charge in [-0.15, -0.1) is 0 Å². The van der Waals surface area contributed by atoms with Gasteiger partial charge in [0.2, 0.25) is 5.91 Å². The van der Waals surface area contributed by atoms with Crippen molar-refractivity contribution in [2.75, 3.05) is 6.54 Å². The molecule has 2 rings (SSSR count). The highest BCUT2D eigenvalue weighted by Crippen LogP contribution is 2.40. The van der Waals surface area contributed by atoms with Gasteiger partial charge in [-0.05, 0) is 43.9 Å². The first-order valence-electron chi connectivity index (χ1n) is 7.84. The number of halogens is 1. The maximum absolute atomic E-state index is 12.8. The summed E-state index contributed by atoms with van der Waals surface area (Å²) in [6.07, 6.45) is 6.05. The quantitative estimate of drug-likeness (QED) is 0.876. The second kappa shape index (κ2) is 7.28. The van der Waals surface area contributed by atoms with Crippen LogP contribution in [0.25, 0.3) is 0 Å². The van der Waals surface area contributed by atoms with Gasteiger partial charge in [-0.3, -0.25) is 4.79 Å². The van der Waals surface area contributed by atoms with Crippen molar-refractivity contribution in [3.05, 3.63) is 34.9 Å². The molecule has 1 aliphatic carbocycles. The number of carbonyl (C=O) groups is 1. The van der Waals surface area contributed by atoms with Crippen molar-refractivity contribution in [2.45, 2.75) is 56.9 Å². The van der Waals surface area contributed by atoms with Crippen LogP contribution in [-0.2, 0) is 10.2 Å². The lowest BCUT2D eigenvalue weighted by molar-refractivity contribution is -0.128. The normalized spacial score (nSPS) is 19.0. The predicted octanol–water partition coefficient (Wildman–Crippen LogP) is 3.40. The van der Waals surface area contributed by atoms with Crippen LogP contribution in [-0.4, -0.2) is 18.5 Å². The van der Waals surface area contributed by atoms with Crippen LogP contribution in [0, 0.1) is 0 Å². The Morgan fingerprint density at radius 3 is 2.48 bits per heavy atom. The molecule has 3 N–H and O–H groups in total. The molecule has 1 aliphatic rings. The van der Waals surface area contributed by atoms with Gasteiger partial charge in [-0.25, -0.2) is 0 Å². The molecule has 1 amide bonds. The van der Waals surface area contributed by atoms with Crippen molar-refractivity contribution in [2.24, 2.45) is 5.73 Å². The van der Waals surface area contributed by atoms with Crippen LogP contribution >= 0.6 is 11.6 Å². The number of amides is 1. The molecule has 1 unspecified atom stereocenters. The molecule has 1 atom stereocenters. The van der Waals surface area contributed by atoms with Crippen LogP contribution in [0.4, 0.5) is 0 Å². The Bertz CT molecular complexity index is 464. The van der Waals surface area contributed by atoms with E-state index in [9.17, 15) is 4.79 Å². The molecule has 1 saturated carbocycles. The fourth-order valence-electron chi connectivity index (χ4n) is 3.15. The lowest BCUT2D eigenvalue weighted by Crippen LogP contribution is -2.46. The summed E-state index contributed by atoms with van der Waals surface area (Å²) in [5, 5.41) is 3.80. The van der Waals surface area contributed by atoms with E-state index in [2.05, 4.69) is 5.32 Å². The average molecular weight is 309 g/mol. The summed E-state index contributed by atoms with van der Waals surface area (Å²) in [6.45, 7) is 2.60. The van der Waals surface area contributed by atoms with Gasteiger partial charge in [0.1, 0.15) is 0 Å². The molecule has 0 radical (unpaired) electrons. The van der Waals surface area contributed by atoms with Crippen molar-refractivity contribution < 1.29 is 4.79 Å². The molecule has 0 aromatic heterocycles. The molecular formula is C17H25ClN2O. The Morgan fingerprint density at radius 1 is 1.29 bits per heavy atom. The summed E-state index contributed by atoms with van der Waals surface area (Å²) < 4.78 is 0. The fraction of sp³-hybridized carbons (Fsp3) is 0.588. The van der Waals surface area contributed by atoms with E-state index in [4.69, 9.17) is 17.3 Å². The van der Waals surface area contributed by atoms with Gasteiger partial charge in [-0.2, -0.15) is 0 Å². The third kappa shape index (κ3) is 3.98. The molecule has 0 spiro atoms. The third-order valence-corrected chi connectivity index (χ3v) is 4.68. The molecule has 4 heteroatoms. The molecule has 3 nitrogen and oxygen atoms in total. The highest BCUT2D eigenvalue weighted by atomic mass is 35.5. The molecule has 0 saturated heterocycles. The molecule has 1 aromatic carbocycles. The number of hydrogen-bond donors (Lipinski definition) is 2. The van der Waals surface area contributed by atoms with Gasteiger partial charge in [0.15, 0.2) is 0 Å². The number of benzene rings is 1. The Kier molecular flexibility index (Phi) is 5.65. The zero-order valence-corrected chi connectivity index (χ0v) is 13.5. The highest BCUT2D eigenvalue weighted by Gasteiger charge is 2.40. The topological polar surface area (TPSA) is 55.1 Å². The van der Waals surface area contributed by atoms with Gasteiger partial charge in [0, 0.05) is 17.6 Å². The van der Waals surface area contributed by atoms with Crippen LogP contribution in [0.1, 0.15) is 51.0 Å². The molecule has 1 fully saturated rings. The molecular weight excluding hydrogens is 284 g/mol. The van der Waals surface area contributed by atoms with E-state index in [-0.39, 0.29) is 17.4 Å². The summed E-state index contributed by atoms with van der Waals surface area (Å²) in [5.74, 6) is 0.144. The minimum absolute atomic E-state index is 0.114. The highest BCUT2D eigenvalue weighted by molar-refractivity contribution is 6.30. The van der Waals surface area contributed by atoms with Gasteiger partial charge in [-0.1, -0.05) is 43.0 Å². The summed E-state index contributed by atoms with van der Waals surface area (Å²) in [5.41, 5.74) is 6.45. The fourth-order valence-corrected chi connectivity index (χ4v) is 3.28. The molecule has 0 heterocycles. The van der Waals surface area contributed by atoms with E-state index in [0.717, 1.165) is 37.7 Å². The number of carbonyl (C=O) groups excluding carboxylic acids is 1. The van der Waals surface area contributed by atoms with Crippen LogP contribution in [0.2, 0.25) is 5.02 Å². The Morgan fingerprint density at radius 2 is 1.90 bits per heavy atom. The van der Waals surface area contributed by atoms with Crippen molar-refractivity contribution in [1.82, 2.24) is 5.32 Å². The summed E-state index contributed by atoms with van der Waals surface area (Å²) in [6, 6.07) is 7.87. The number of rotatable bonds is 5. The second-order valence-electron chi connectivity index (χ2n) is 6.17. The monoisotopic (exact) mass is 308 g/mol. The van der Waals surface area contributed by atoms with E-state index >= 15 is 0 Å². The molecule has 0 bridgehead atoms. The first-order valence-corrected chi connectivity index (χ1v) is 8.22. The third-order valence-electron chi connectivity index (χ3n) is 4.42. The lowest BCUT2D eigenvalue weighted by Gasteiger charge is -2.36. The van der Waals surface area contributed by atoms with E-state index < -0.39 is 0 Å². The van der Waals surface area contributed by atoms with Gasteiger partial charge < -0.3 is 11.1 Å². The Labute approximate surface area is 132 Å². The van der Waals surface area contributed by atoms with Gasteiger partial charge in [0.05, 0.1) is 5.41 Å². The van der Waals surface area contributed by atoms with Crippen LogP contribution in [0.3, 0.4) is 0 Å². The summed E-state index contributed by atoms with van der Waals surface area (Å²) >= 11 is 5.98. The lowest BCUT2D eigenvalue weighted by atomic mass is 9.68. The van der Waals surface area contributed by atoms with Crippen LogP contribution < -0.4 is 11.1 Å². The first kappa shape index (κ1) is 16.3. The minimum Gasteiger partial charge on any atom is -0.355 e. The van der Waals surface area contributed by atoms with E-state index in [1.807, 2.05) is 31.2 Å². The number of nitrogens with two attached hydrogens (primary N) is 1. The Hall–Kier alpha value is -1.06. The maximum Gasteiger partial charge on any atom is 0.230 e. The second-order valence-corrected chi connectivity index (χ2v) is 6.61. The van der Waals surface area contributed by atoms with E-state index in [1.165, 1.54) is 6.42 Å². The maximum atomic E-state index is 12.8. The first-order chi connectivity index (χ1) is 10.0. The van der Waals surface area contributed by atoms with Crippen molar-refractivity contribution in [1.29, 1.82) is 0 Å². The average Bonchev–Trinajstić information content (AvgIpc) is 2.48. The van der Waals surface area contributed by atoms with Gasteiger partial charge >= 0.3 is 0 Å². The molecule has 1 aromatic rings.